The lowest BCUT2D eigenvalue weighted by Gasteiger charge is -2.17. The maximum atomic E-state index is 9.02. The normalized spacial score (nSPS) is 24.7. The third-order valence-corrected chi connectivity index (χ3v) is 4.37. The van der Waals surface area contributed by atoms with Crippen molar-refractivity contribution in [1.29, 1.82) is 0 Å². The van der Waals surface area contributed by atoms with Crippen LogP contribution < -0.4 is 10.6 Å². The van der Waals surface area contributed by atoms with Crippen molar-refractivity contribution >= 4 is 41.7 Å². The van der Waals surface area contributed by atoms with Crippen LogP contribution >= 0.6 is 35.7 Å². The van der Waals surface area contributed by atoms with Gasteiger partial charge in [0.25, 0.3) is 0 Å². The van der Waals surface area contributed by atoms with Crippen molar-refractivity contribution in [2.75, 3.05) is 26.0 Å². The average molecular weight is 401 g/mol. The van der Waals surface area contributed by atoms with Gasteiger partial charge in [-0.3, -0.25) is 4.99 Å². The first-order chi connectivity index (χ1) is 8.69. The van der Waals surface area contributed by atoms with Crippen molar-refractivity contribution in [3.05, 3.63) is 0 Å². The highest BCUT2D eigenvalue weighted by Crippen LogP contribution is 2.27. The minimum Gasteiger partial charge on any atom is -0.396 e. The third-order valence-electron chi connectivity index (χ3n) is 3.28. The summed E-state index contributed by atoms with van der Waals surface area (Å²) in [5.41, 5.74) is 0. The van der Waals surface area contributed by atoms with Crippen molar-refractivity contribution < 1.29 is 5.11 Å². The van der Waals surface area contributed by atoms with Gasteiger partial charge in [-0.05, 0) is 38.4 Å². The summed E-state index contributed by atoms with van der Waals surface area (Å²) in [5.74, 6) is 1.12. The Morgan fingerprint density at radius 2 is 2.21 bits per heavy atom. The number of aliphatic hydroxyl groups is 1. The molecule has 1 saturated carbocycles. The highest BCUT2D eigenvalue weighted by molar-refractivity contribution is 14.0. The molecule has 114 valence electrons. The maximum absolute atomic E-state index is 9.02. The molecule has 3 unspecified atom stereocenters. The molecule has 1 fully saturated rings. The van der Waals surface area contributed by atoms with Gasteiger partial charge in [0.2, 0.25) is 0 Å². The average Bonchev–Trinajstić information content (AvgIpc) is 2.83. The number of guanidine groups is 1. The van der Waals surface area contributed by atoms with Crippen LogP contribution in [0.1, 0.15) is 33.1 Å². The molecule has 0 radical (unpaired) electrons. The molecular weight excluding hydrogens is 373 g/mol. The van der Waals surface area contributed by atoms with Crippen LogP contribution in [-0.2, 0) is 0 Å². The Bertz CT molecular complexity index is 266. The summed E-state index contributed by atoms with van der Waals surface area (Å²) in [6.45, 7) is 5.82. The summed E-state index contributed by atoms with van der Waals surface area (Å²) in [7, 11) is 0. The molecule has 3 N–H and O–H groups in total. The minimum absolute atomic E-state index is 0. The lowest BCUT2D eigenvalue weighted by molar-refractivity contribution is 0.241. The molecule has 0 heterocycles. The third kappa shape index (κ3) is 7.60. The largest absolute Gasteiger partial charge is 0.396 e. The van der Waals surface area contributed by atoms with Gasteiger partial charge in [0.05, 0.1) is 0 Å². The molecule has 6 heteroatoms. The fraction of sp³-hybridized carbons (Fsp3) is 0.923. The van der Waals surface area contributed by atoms with E-state index in [-0.39, 0.29) is 36.5 Å². The summed E-state index contributed by atoms with van der Waals surface area (Å²) in [5, 5.41) is 16.6. The van der Waals surface area contributed by atoms with Crippen LogP contribution in [0.2, 0.25) is 0 Å². The molecular formula is C13H28IN3OS. The molecule has 0 saturated heterocycles. The summed E-state index contributed by atoms with van der Waals surface area (Å²) in [6.07, 6.45) is 5.94. The van der Waals surface area contributed by atoms with Crippen LogP contribution in [0.25, 0.3) is 0 Å². The van der Waals surface area contributed by atoms with Crippen molar-refractivity contribution in [2.45, 2.75) is 44.4 Å². The Labute approximate surface area is 138 Å². The Morgan fingerprint density at radius 3 is 2.74 bits per heavy atom. The highest BCUT2D eigenvalue weighted by Gasteiger charge is 2.24. The van der Waals surface area contributed by atoms with Crippen LogP contribution in [0.15, 0.2) is 4.99 Å². The first kappa shape index (κ1) is 19.3. The summed E-state index contributed by atoms with van der Waals surface area (Å²) in [4.78, 5) is 4.53. The number of hydrogen-bond acceptors (Lipinski definition) is 3. The molecule has 0 spiro atoms. The van der Waals surface area contributed by atoms with Crippen LogP contribution in [0, 0.1) is 5.92 Å². The number of aliphatic hydroxyl groups excluding tert-OH is 1. The second-order valence-corrected chi connectivity index (χ2v) is 6.16. The van der Waals surface area contributed by atoms with Gasteiger partial charge in [-0.1, -0.05) is 6.92 Å². The Balaban J connectivity index is 0.00000324. The monoisotopic (exact) mass is 401 g/mol. The number of rotatable bonds is 6. The number of thioether (sulfide) groups is 1. The molecule has 19 heavy (non-hydrogen) atoms. The van der Waals surface area contributed by atoms with E-state index in [1.807, 2.05) is 18.7 Å². The van der Waals surface area contributed by atoms with E-state index in [1.54, 1.807) is 0 Å². The molecule has 0 bridgehead atoms. The van der Waals surface area contributed by atoms with Gasteiger partial charge in [0.1, 0.15) is 0 Å². The van der Waals surface area contributed by atoms with Gasteiger partial charge in [0.15, 0.2) is 5.96 Å². The standard InChI is InChI=1S/C13H27N3OS.HI/c1-4-14-13(15-8-10(2)9-17)16-11-5-6-12(7-11)18-3;/h10-12,17H,4-9H2,1-3H3,(H2,14,15,16);1H. The fourth-order valence-electron chi connectivity index (χ4n) is 2.10. The molecule has 0 amide bonds. The smallest absolute Gasteiger partial charge is 0.191 e. The minimum atomic E-state index is 0. The predicted molar refractivity (Wildman–Crippen MR) is 95.7 cm³/mol. The summed E-state index contributed by atoms with van der Waals surface area (Å²) in [6, 6.07) is 0.546. The fourth-order valence-corrected chi connectivity index (χ4v) is 2.90. The molecule has 0 aromatic carbocycles. The molecule has 1 aliphatic rings. The lowest BCUT2D eigenvalue weighted by atomic mass is 10.2. The maximum Gasteiger partial charge on any atom is 0.191 e. The summed E-state index contributed by atoms with van der Waals surface area (Å²) < 4.78 is 0. The molecule has 4 nitrogen and oxygen atoms in total. The van der Waals surface area contributed by atoms with E-state index in [2.05, 4.69) is 28.8 Å². The van der Waals surface area contributed by atoms with E-state index in [9.17, 15) is 0 Å². The predicted octanol–water partition coefficient (Wildman–Crippen LogP) is 2.07. The Hall–Kier alpha value is 0.310. The Morgan fingerprint density at radius 1 is 1.47 bits per heavy atom. The molecule has 0 aromatic heterocycles. The van der Waals surface area contributed by atoms with E-state index in [0.29, 0.717) is 12.6 Å². The molecule has 1 rings (SSSR count). The number of nitrogens with one attached hydrogen (secondary N) is 2. The lowest BCUT2D eigenvalue weighted by Crippen LogP contribution is -2.42. The summed E-state index contributed by atoms with van der Waals surface area (Å²) >= 11 is 1.97. The second kappa shape index (κ2) is 11.0. The van der Waals surface area contributed by atoms with Crippen molar-refractivity contribution in [2.24, 2.45) is 10.9 Å². The molecule has 0 aliphatic heterocycles. The van der Waals surface area contributed by atoms with Crippen molar-refractivity contribution in [3.8, 4) is 0 Å². The van der Waals surface area contributed by atoms with E-state index in [0.717, 1.165) is 17.8 Å². The van der Waals surface area contributed by atoms with E-state index < -0.39 is 0 Å². The van der Waals surface area contributed by atoms with Crippen LogP contribution in [0.5, 0.6) is 0 Å². The van der Waals surface area contributed by atoms with Crippen LogP contribution in [0.3, 0.4) is 0 Å². The van der Waals surface area contributed by atoms with Gasteiger partial charge < -0.3 is 15.7 Å². The molecule has 1 aliphatic carbocycles. The zero-order valence-corrected chi connectivity index (χ0v) is 15.3. The SMILES string of the molecule is CCNC(=NCC(C)CO)NC1CCC(SC)C1.I. The van der Waals surface area contributed by atoms with Gasteiger partial charge in [-0.15, -0.1) is 24.0 Å². The first-order valence-electron chi connectivity index (χ1n) is 6.88. The van der Waals surface area contributed by atoms with E-state index in [4.69, 9.17) is 5.11 Å². The Kier molecular flexibility index (Phi) is 11.2. The molecule has 3 atom stereocenters. The quantitative estimate of drug-likeness (QED) is 0.362. The zero-order valence-electron chi connectivity index (χ0n) is 12.2. The molecule has 0 aromatic rings. The zero-order chi connectivity index (χ0) is 13.4. The number of nitrogens with zero attached hydrogens (tertiary/aromatic N) is 1. The second-order valence-electron chi connectivity index (χ2n) is 5.02. The van der Waals surface area contributed by atoms with Crippen LogP contribution in [0.4, 0.5) is 0 Å². The number of hydrogen-bond donors (Lipinski definition) is 3. The van der Waals surface area contributed by atoms with E-state index in [1.165, 1.54) is 19.3 Å². The first-order valence-corrected chi connectivity index (χ1v) is 8.16. The highest BCUT2D eigenvalue weighted by atomic mass is 127. The van der Waals surface area contributed by atoms with Gasteiger partial charge >= 0.3 is 0 Å². The van der Waals surface area contributed by atoms with Crippen molar-refractivity contribution in [1.82, 2.24) is 10.6 Å². The number of halogens is 1. The van der Waals surface area contributed by atoms with Gasteiger partial charge in [0, 0.05) is 31.0 Å². The van der Waals surface area contributed by atoms with Crippen molar-refractivity contribution in [3.63, 3.8) is 0 Å². The van der Waals surface area contributed by atoms with E-state index >= 15 is 0 Å². The van der Waals surface area contributed by atoms with Crippen LogP contribution in [-0.4, -0.2) is 48.3 Å². The topological polar surface area (TPSA) is 56.7 Å². The van der Waals surface area contributed by atoms with Gasteiger partial charge in [-0.25, -0.2) is 0 Å². The van der Waals surface area contributed by atoms with Gasteiger partial charge in [-0.2, -0.15) is 11.8 Å². The number of aliphatic imine (C=N–C) groups is 1.